The van der Waals surface area contributed by atoms with Crippen LogP contribution in [0.5, 0.6) is 5.75 Å². The molecular formula is C24H41IN4O2. The average Bonchev–Trinajstić information content (AvgIpc) is 3.24. The van der Waals surface area contributed by atoms with Crippen molar-refractivity contribution in [1.29, 1.82) is 0 Å². The van der Waals surface area contributed by atoms with Crippen molar-refractivity contribution in [2.45, 2.75) is 51.5 Å². The highest BCUT2D eigenvalue weighted by molar-refractivity contribution is 14.0. The fraction of sp³-hybridized carbons (Fsp3) is 0.708. The molecule has 1 unspecified atom stereocenters. The van der Waals surface area contributed by atoms with Crippen LogP contribution in [0.25, 0.3) is 0 Å². The Balaban J connectivity index is 0.00000341. The highest BCUT2D eigenvalue weighted by Crippen LogP contribution is 2.30. The van der Waals surface area contributed by atoms with Crippen molar-refractivity contribution in [2.75, 3.05) is 53.0 Å². The summed E-state index contributed by atoms with van der Waals surface area (Å²) < 4.78 is 11.6. The lowest BCUT2D eigenvalue weighted by atomic mass is 9.86. The number of hydrogen-bond donors (Lipinski definition) is 2. The number of ether oxygens (including phenoxy) is 2. The van der Waals surface area contributed by atoms with Crippen molar-refractivity contribution in [2.24, 2.45) is 10.9 Å². The van der Waals surface area contributed by atoms with Crippen LogP contribution < -0.4 is 15.4 Å². The first-order chi connectivity index (χ1) is 14.5. The van der Waals surface area contributed by atoms with E-state index in [-0.39, 0.29) is 29.4 Å². The van der Waals surface area contributed by atoms with E-state index in [1.807, 2.05) is 13.1 Å². The minimum atomic E-state index is 0. The monoisotopic (exact) mass is 544 g/mol. The van der Waals surface area contributed by atoms with Crippen molar-refractivity contribution < 1.29 is 9.47 Å². The third-order valence-corrected chi connectivity index (χ3v) is 6.04. The number of rotatable bonds is 7. The van der Waals surface area contributed by atoms with Gasteiger partial charge in [0, 0.05) is 39.3 Å². The number of para-hydroxylation sites is 1. The van der Waals surface area contributed by atoms with Gasteiger partial charge in [-0.2, -0.15) is 0 Å². The summed E-state index contributed by atoms with van der Waals surface area (Å²) in [5.41, 5.74) is 1.31. The van der Waals surface area contributed by atoms with Gasteiger partial charge in [-0.15, -0.1) is 24.0 Å². The molecule has 2 fully saturated rings. The normalized spacial score (nSPS) is 20.9. The quantitative estimate of drug-likeness (QED) is 0.238. The van der Waals surface area contributed by atoms with E-state index in [4.69, 9.17) is 9.47 Å². The molecule has 2 heterocycles. The Hall–Kier alpha value is -1.06. The highest BCUT2D eigenvalue weighted by Gasteiger charge is 2.24. The molecule has 2 saturated heterocycles. The molecule has 0 saturated carbocycles. The lowest BCUT2D eigenvalue weighted by molar-refractivity contribution is 0.150. The smallest absolute Gasteiger partial charge is 0.191 e. The second-order valence-electron chi connectivity index (χ2n) is 9.54. The van der Waals surface area contributed by atoms with Crippen LogP contribution in [-0.2, 0) is 10.2 Å². The van der Waals surface area contributed by atoms with E-state index in [0.29, 0.717) is 12.6 Å². The van der Waals surface area contributed by atoms with Crippen molar-refractivity contribution in [1.82, 2.24) is 15.5 Å². The molecule has 0 spiro atoms. The van der Waals surface area contributed by atoms with Gasteiger partial charge >= 0.3 is 0 Å². The maximum atomic E-state index is 6.06. The summed E-state index contributed by atoms with van der Waals surface area (Å²) in [6.45, 7) is 13.3. The maximum Gasteiger partial charge on any atom is 0.191 e. The molecule has 0 bridgehead atoms. The Labute approximate surface area is 205 Å². The Morgan fingerprint density at radius 2 is 1.94 bits per heavy atom. The molecule has 2 N–H and O–H groups in total. The van der Waals surface area contributed by atoms with Crippen LogP contribution in [0.1, 0.15) is 45.6 Å². The maximum absolute atomic E-state index is 6.06. The van der Waals surface area contributed by atoms with E-state index < -0.39 is 0 Å². The van der Waals surface area contributed by atoms with Crippen LogP contribution in [0.4, 0.5) is 0 Å². The zero-order chi connectivity index (χ0) is 21.4. The zero-order valence-corrected chi connectivity index (χ0v) is 22.0. The molecule has 7 heteroatoms. The molecular weight excluding hydrogens is 503 g/mol. The fourth-order valence-electron chi connectivity index (χ4n) is 4.28. The minimum Gasteiger partial charge on any atom is -0.491 e. The van der Waals surface area contributed by atoms with E-state index >= 15 is 0 Å². The van der Waals surface area contributed by atoms with Crippen LogP contribution in [0.15, 0.2) is 29.3 Å². The molecule has 31 heavy (non-hydrogen) atoms. The molecule has 0 aliphatic carbocycles. The van der Waals surface area contributed by atoms with E-state index in [1.54, 1.807) is 0 Å². The number of likely N-dealkylation sites (tertiary alicyclic amines) is 1. The van der Waals surface area contributed by atoms with Crippen LogP contribution >= 0.6 is 24.0 Å². The molecule has 0 amide bonds. The number of piperidine rings is 1. The van der Waals surface area contributed by atoms with Gasteiger partial charge in [0.1, 0.15) is 12.4 Å². The van der Waals surface area contributed by atoms with E-state index in [2.05, 4.69) is 59.5 Å². The number of hydrogen-bond acceptors (Lipinski definition) is 4. The average molecular weight is 545 g/mol. The Morgan fingerprint density at radius 1 is 1.19 bits per heavy atom. The molecule has 0 radical (unpaired) electrons. The molecule has 0 aromatic heterocycles. The Kier molecular flexibility index (Phi) is 10.9. The third kappa shape index (κ3) is 8.42. The molecule has 1 aromatic carbocycles. The Morgan fingerprint density at radius 3 is 2.58 bits per heavy atom. The molecule has 1 aromatic rings. The molecule has 1 atom stereocenters. The summed E-state index contributed by atoms with van der Waals surface area (Å²) in [4.78, 5) is 6.99. The number of aliphatic imine (C=N–C) groups is 1. The molecule has 2 aliphatic heterocycles. The van der Waals surface area contributed by atoms with Gasteiger partial charge in [-0.05, 0) is 42.2 Å². The summed E-state index contributed by atoms with van der Waals surface area (Å²) in [7, 11) is 1.83. The highest BCUT2D eigenvalue weighted by atomic mass is 127. The van der Waals surface area contributed by atoms with Crippen molar-refractivity contribution >= 4 is 29.9 Å². The summed E-state index contributed by atoms with van der Waals surface area (Å²) in [5, 5.41) is 6.98. The lowest BCUT2D eigenvalue weighted by Crippen LogP contribution is -2.49. The molecule has 6 nitrogen and oxygen atoms in total. The SMILES string of the molecule is CN=C(NCCOc1ccccc1C(C)(C)C)NC1CCN(CC2CCOC2)CC1.I. The van der Waals surface area contributed by atoms with Crippen LogP contribution in [0, 0.1) is 5.92 Å². The fourth-order valence-corrected chi connectivity index (χ4v) is 4.28. The van der Waals surface area contributed by atoms with Gasteiger partial charge in [0.05, 0.1) is 13.2 Å². The number of halogens is 1. The number of nitrogens with zero attached hydrogens (tertiary/aromatic N) is 2. The van der Waals surface area contributed by atoms with E-state index in [1.165, 1.54) is 18.5 Å². The van der Waals surface area contributed by atoms with Gasteiger partial charge in [0.25, 0.3) is 0 Å². The van der Waals surface area contributed by atoms with Gasteiger partial charge < -0.3 is 25.0 Å². The summed E-state index contributed by atoms with van der Waals surface area (Å²) in [6, 6.07) is 8.79. The number of guanidine groups is 1. The topological polar surface area (TPSA) is 58.1 Å². The number of benzene rings is 1. The first-order valence-electron chi connectivity index (χ1n) is 11.5. The van der Waals surface area contributed by atoms with Gasteiger partial charge in [0.2, 0.25) is 0 Å². The van der Waals surface area contributed by atoms with Gasteiger partial charge in [-0.25, -0.2) is 0 Å². The first-order valence-corrected chi connectivity index (χ1v) is 11.5. The van der Waals surface area contributed by atoms with Crippen molar-refractivity contribution in [3.8, 4) is 5.75 Å². The zero-order valence-electron chi connectivity index (χ0n) is 19.7. The summed E-state index contributed by atoms with van der Waals surface area (Å²) >= 11 is 0. The second kappa shape index (κ2) is 12.8. The summed E-state index contributed by atoms with van der Waals surface area (Å²) in [5.74, 6) is 2.56. The predicted molar refractivity (Wildman–Crippen MR) is 139 cm³/mol. The van der Waals surface area contributed by atoms with Gasteiger partial charge in [-0.3, -0.25) is 4.99 Å². The molecule has 176 valence electrons. The minimum absolute atomic E-state index is 0. The first kappa shape index (κ1) is 26.2. The van der Waals surface area contributed by atoms with E-state index in [0.717, 1.165) is 63.3 Å². The lowest BCUT2D eigenvalue weighted by Gasteiger charge is -2.34. The van der Waals surface area contributed by atoms with Crippen LogP contribution in [-0.4, -0.2) is 69.9 Å². The Bertz CT molecular complexity index is 678. The molecule has 2 aliphatic rings. The predicted octanol–water partition coefficient (Wildman–Crippen LogP) is 3.65. The second-order valence-corrected chi connectivity index (χ2v) is 9.54. The third-order valence-electron chi connectivity index (χ3n) is 6.04. The number of nitrogens with one attached hydrogen (secondary N) is 2. The van der Waals surface area contributed by atoms with Crippen LogP contribution in [0.3, 0.4) is 0 Å². The summed E-state index contributed by atoms with van der Waals surface area (Å²) in [6.07, 6.45) is 3.53. The van der Waals surface area contributed by atoms with Crippen LogP contribution in [0.2, 0.25) is 0 Å². The standard InChI is InChI=1S/C24H40N4O2.HI/c1-24(2,3)21-7-5-6-8-22(21)30-16-12-26-23(25-4)27-20-9-13-28(14-10-20)17-19-11-15-29-18-19;/h5-8,19-20H,9-18H2,1-4H3,(H2,25,26,27);1H. The van der Waals surface area contributed by atoms with E-state index in [9.17, 15) is 0 Å². The van der Waals surface area contributed by atoms with Crippen molar-refractivity contribution in [3.63, 3.8) is 0 Å². The molecule has 3 rings (SSSR count). The van der Waals surface area contributed by atoms with Gasteiger partial charge in [-0.1, -0.05) is 39.0 Å². The van der Waals surface area contributed by atoms with Crippen molar-refractivity contribution in [3.05, 3.63) is 29.8 Å². The van der Waals surface area contributed by atoms with Gasteiger partial charge in [0.15, 0.2) is 5.96 Å². The largest absolute Gasteiger partial charge is 0.491 e.